The smallest absolute Gasteiger partial charge is 0.309 e. The van der Waals surface area contributed by atoms with Gasteiger partial charge in [0, 0.05) is 30.2 Å². The van der Waals surface area contributed by atoms with Crippen LogP contribution in [0, 0.1) is 5.92 Å². The maximum Gasteiger partial charge on any atom is 0.309 e. The van der Waals surface area contributed by atoms with Crippen molar-refractivity contribution in [3.63, 3.8) is 0 Å². The molecule has 1 aromatic carbocycles. The Balaban J connectivity index is 1.70. The lowest BCUT2D eigenvalue weighted by Crippen LogP contribution is -2.38. The van der Waals surface area contributed by atoms with Gasteiger partial charge >= 0.3 is 5.97 Å². The number of anilines is 3. The first kappa shape index (κ1) is 29.4. The fourth-order valence-corrected chi connectivity index (χ4v) is 6.14. The zero-order valence-corrected chi connectivity index (χ0v) is 24.6. The maximum atomic E-state index is 13.8. The van der Waals surface area contributed by atoms with Crippen LogP contribution in [0.3, 0.4) is 0 Å². The molecule has 1 saturated heterocycles. The number of halogens is 4. The minimum absolute atomic E-state index is 0.0458. The van der Waals surface area contributed by atoms with Gasteiger partial charge in [-0.25, -0.2) is 4.98 Å². The van der Waals surface area contributed by atoms with Gasteiger partial charge < -0.3 is 20.3 Å². The summed E-state index contributed by atoms with van der Waals surface area (Å²) in [5, 5.41) is 8.70. The molecular weight excluding hydrogens is 606 g/mol. The molecule has 0 saturated carbocycles. The number of nitrogens with one attached hydrogen (secondary N) is 2. The standard InChI is InChI=1S/C26H24Cl4N4O4S/c1-2-38-26(37)14-5-7-34(8-6-14)19-10-17(29)9-18(23(35)32-20-4-3-16(28)12-31-20)21(19)24(36)33-25-22(30)15(11-27)13-39-25/h3-4,9-10,12-14H,2,5-8,11H2,1H3,(H,33,36)(H,31,32,35). The van der Waals surface area contributed by atoms with E-state index in [0.717, 1.165) is 0 Å². The number of thiophene rings is 1. The summed E-state index contributed by atoms with van der Waals surface area (Å²) < 4.78 is 5.18. The van der Waals surface area contributed by atoms with Gasteiger partial charge in [-0.3, -0.25) is 14.4 Å². The number of amides is 2. The summed E-state index contributed by atoms with van der Waals surface area (Å²) in [6, 6.07) is 6.20. The van der Waals surface area contributed by atoms with Crippen molar-refractivity contribution < 1.29 is 19.1 Å². The number of carbonyl (C=O) groups excluding carboxylic acids is 3. The van der Waals surface area contributed by atoms with E-state index in [2.05, 4.69) is 15.6 Å². The van der Waals surface area contributed by atoms with Crippen molar-refractivity contribution in [1.29, 1.82) is 0 Å². The summed E-state index contributed by atoms with van der Waals surface area (Å²) in [6.07, 6.45) is 2.45. The van der Waals surface area contributed by atoms with Crippen LogP contribution in [0.4, 0.5) is 16.5 Å². The fraction of sp³-hybridized carbons (Fsp3) is 0.308. The van der Waals surface area contributed by atoms with Crippen molar-refractivity contribution >= 4 is 92.0 Å². The predicted molar refractivity (Wildman–Crippen MR) is 157 cm³/mol. The minimum Gasteiger partial charge on any atom is -0.466 e. The van der Waals surface area contributed by atoms with Gasteiger partial charge in [0.25, 0.3) is 11.8 Å². The zero-order chi connectivity index (χ0) is 28.1. The molecule has 1 fully saturated rings. The first-order valence-electron chi connectivity index (χ1n) is 12.0. The molecule has 0 atom stereocenters. The monoisotopic (exact) mass is 628 g/mol. The van der Waals surface area contributed by atoms with Gasteiger partial charge in [-0.15, -0.1) is 22.9 Å². The number of hydrogen-bond donors (Lipinski definition) is 2. The average Bonchev–Trinajstić information content (AvgIpc) is 3.28. The van der Waals surface area contributed by atoms with E-state index in [1.165, 1.54) is 23.6 Å². The van der Waals surface area contributed by atoms with E-state index in [9.17, 15) is 14.4 Å². The zero-order valence-electron chi connectivity index (χ0n) is 20.7. The van der Waals surface area contributed by atoms with Crippen molar-refractivity contribution in [1.82, 2.24) is 4.98 Å². The van der Waals surface area contributed by atoms with Crippen molar-refractivity contribution in [2.45, 2.75) is 25.6 Å². The lowest BCUT2D eigenvalue weighted by atomic mass is 9.95. The Kier molecular flexibility index (Phi) is 9.96. The molecule has 0 aliphatic carbocycles. The second-order valence-corrected chi connectivity index (χ2v) is 11.1. The van der Waals surface area contributed by atoms with Crippen LogP contribution in [0.15, 0.2) is 35.8 Å². The highest BCUT2D eigenvalue weighted by Crippen LogP contribution is 2.37. The number of rotatable bonds is 8. The van der Waals surface area contributed by atoms with Gasteiger partial charge in [0.05, 0.1) is 39.4 Å². The normalized spacial score (nSPS) is 13.7. The van der Waals surface area contributed by atoms with Crippen LogP contribution in [0.2, 0.25) is 15.1 Å². The number of pyridine rings is 1. The van der Waals surface area contributed by atoms with Crippen LogP contribution in [-0.4, -0.2) is 42.5 Å². The summed E-state index contributed by atoms with van der Waals surface area (Å²) in [5.74, 6) is -1.17. The molecule has 206 valence electrons. The van der Waals surface area contributed by atoms with Crippen LogP contribution < -0.4 is 15.5 Å². The Morgan fingerprint density at radius 3 is 2.44 bits per heavy atom. The molecule has 0 bridgehead atoms. The Morgan fingerprint density at radius 2 is 1.82 bits per heavy atom. The Hall–Kier alpha value is -2.56. The Bertz CT molecular complexity index is 1380. The van der Waals surface area contributed by atoms with E-state index in [-0.39, 0.29) is 39.7 Å². The van der Waals surface area contributed by atoms with Crippen molar-refractivity contribution in [3.05, 3.63) is 67.6 Å². The quantitative estimate of drug-likeness (QED) is 0.203. The van der Waals surface area contributed by atoms with Crippen molar-refractivity contribution in [2.75, 3.05) is 35.2 Å². The van der Waals surface area contributed by atoms with Crippen LogP contribution in [0.1, 0.15) is 46.0 Å². The fourth-order valence-electron chi connectivity index (χ4n) is 4.23. The van der Waals surface area contributed by atoms with E-state index in [1.54, 1.807) is 30.5 Å². The summed E-state index contributed by atoms with van der Waals surface area (Å²) in [7, 11) is 0. The number of hydrogen-bond acceptors (Lipinski definition) is 7. The highest BCUT2D eigenvalue weighted by atomic mass is 35.5. The molecular formula is C26H24Cl4N4O4S. The van der Waals surface area contributed by atoms with Crippen molar-refractivity contribution in [2.24, 2.45) is 5.92 Å². The first-order chi connectivity index (χ1) is 18.7. The molecule has 1 aliphatic rings. The number of nitrogens with zero attached hydrogens (tertiary/aromatic N) is 2. The third kappa shape index (κ3) is 6.96. The predicted octanol–water partition coefficient (Wildman–Crippen LogP) is 7.13. The van der Waals surface area contributed by atoms with Gasteiger partial charge in [-0.05, 0) is 55.0 Å². The molecule has 39 heavy (non-hydrogen) atoms. The van der Waals surface area contributed by atoms with E-state index >= 15 is 0 Å². The van der Waals surface area contributed by atoms with E-state index in [1.807, 2.05) is 4.90 Å². The SMILES string of the molecule is CCOC(=O)C1CCN(c2cc(Cl)cc(C(=O)Nc3ccc(Cl)cn3)c2C(=O)Nc2scc(CCl)c2Cl)CC1. The average molecular weight is 630 g/mol. The highest BCUT2D eigenvalue weighted by Gasteiger charge is 2.31. The minimum atomic E-state index is -0.584. The van der Waals surface area contributed by atoms with E-state index < -0.39 is 11.8 Å². The van der Waals surface area contributed by atoms with Crippen LogP contribution in [0.5, 0.6) is 0 Å². The lowest BCUT2D eigenvalue weighted by molar-refractivity contribution is -0.148. The molecule has 1 aliphatic heterocycles. The number of esters is 1. The first-order valence-corrected chi connectivity index (χ1v) is 14.6. The number of benzene rings is 1. The van der Waals surface area contributed by atoms with Gasteiger partial charge in [0.1, 0.15) is 10.8 Å². The topological polar surface area (TPSA) is 101 Å². The van der Waals surface area contributed by atoms with Gasteiger partial charge in [-0.2, -0.15) is 0 Å². The summed E-state index contributed by atoms with van der Waals surface area (Å²) >= 11 is 25.9. The van der Waals surface area contributed by atoms with Crippen LogP contribution in [-0.2, 0) is 15.4 Å². The van der Waals surface area contributed by atoms with Crippen LogP contribution in [0.25, 0.3) is 0 Å². The second-order valence-electron chi connectivity index (χ2n) is 8.67. The van der Waals surface area contributed by atoms with E-state index in [4.69, 9.17) is 51.1 Å². The van der Waals surface area contributed by atoms with E-state index in [0.29, 0.717) is 58.8 Å². The molecule has 0 spiro atoms. The van der Waals surface area contributed by atoms with Gasteiger partial charge in [0.2, 0.25) is 0 Å². The Labute approximate surface area is 249 Å². The number of aromatic nitrogens is 1. The molecule has 0 unspecified atom stereocenters. The lowest BCUT2D eigenvalue weighted by Gasteiger charge is -2.34. The van der Waals surface area contributed by atoms with Crippen molar-refractivity contribution in [3.8, 4) is 0 Å². The maximum absolute atomic E-state index is 13.8. The third-order valence-corrected chi connectivity index (χ3v) is 8.37. The molecule has 4 rings (SSSR count). The van der Waals surface area contributed by atoms with Gasteiger partial charge in [-0.1, -0.05) is 34.8 Å². The largest absolute Gasteiger partial charge is 0.466 e. The molecule has 2 N–H and O–H groups in total. The summed E-state index contributed by atoms with van der Waals surface area (Å²) in [5.41, 5.74) is 1.30. The molecule has 2 amide bonds. The Morgan fingerprint density at radius 1 is 1.08 bits per heavy atom. The number of alkyl halides is 1. The summed E-state index contributed by atoms with van der Waals surface area (Å²) in [6.45, 7) is 3.00. The molecule has 3 aromatic rings. The van der Waals surface area contributed by atoms with Crippen LogP contribution >= 0.6 is 57.7 Å². The second kappa shape index (κ2) is 13.2. The van der Waals surface area contributed by atoms with Gasteiger partial charge in [0.15, 0.2) is 0 Å². The molecule has 13 heteroatoms. The summed E-state index contributed by atoms with van der Waals surface area (Å²) in [4.78, 5) is 45.5. The molecule has 3 heterocycles. The molecule has 8 nitrogen and oxygen atoms in total. The number of piperidine rings is 1. The number of carbonyl (C=O) groups is 3. The molecule has 0 radical (unpaired) electrons. The third-order valence-electron chi connectivity index (χ3n) is 6.15. The molecule has 2 aromatic heterocycles. The highest BCUT2D eigenvalue weighted by molar-refractivity contribution is 7.15. The number of ether oxygens (including phenoxy) is 1.